The first kappa shape index (κ1) is 11.2. The maximum absolute atomic E-state index is 4.48. The maximum Gasteiger partial charge on any atom is 0.0960 e. The maximum atomic E-state index is 4.48. The molecule has 0 amide bonds. The van der Waals surface area contributed by atoms with E-state index >= 15 is 0 Å². The van der Waals surface area contributed by atoms with Gasteiger partial charge in [-0.15, -0.1) is 0 Å². The Morgan fingerprint density at radius 3 is 2.44 bits per heavy atom. The topological polar surface area (TPSA) is 17.8 Å². The largest absolute Gasteiger partial charge is 0.328 e. The Bertz CT molecular complexity index is 501. The first-order chi connectivity index (χ1) is 7.39. The van der Waals surface area contributed by atoms with E-state index in [-0.39, 0.29) is 5.41 Å². The first-order valence-corrected chi connectivity index (χ1v) is 5.86. The number of fused-ring (bicyclic) bond motifs is 1. The van der Waals surface area contributed by atoms with Gasteiger partial charge < -0.3 is 4.57 Å². The minimum atomic E-state index is 0.190. The summed E-state index contributed by atoms with van der Waals surface area (Å²) in [6, 6.07) is 7.06. The molecule has 0 radical (unpaired) electrons. The third-order valence-corrected chi connectivity index (χ3v) is 3.00. The van der Waals surface area contributed by atoms with Gasteiger partial charge >= 0.3 is 0 Å². The smallest absolute Gasteiger partial charge is 0.0960 e. The van der Waals surface area contributed by atoms with Gasteiger partial charge in [-0.25, -0.2) is 4.98 Å². The van der Waals surface area contributed by atoms with Crippen LogP contribution in [-0.4, -0.2) is 9.55 Å². The van der Waals surface area contributed by atoms with Crippen LogP contribution in [0, 0.1) is 0 Å². The van der Waals surface area contributed by atoms with E-state index < -0.39 is 0 Å². The van der Waals surface area contributed by atoms with Crippen LogP contribution in [0.4, 0.5) is 0 Å². The van der Waals surface area contributed by atoms with Crippen LogP contribution in [0.2, 0.25) is 0 Å². The van der Waals surface area contributed by atoms with Gasteiger partial charge in [-0.3, -0.25) is 0 Å². The summed E-state index contributed by atoms with van der Waals surface area (Å²) >= 11 is 0. The van der Waals surface area contributed by atoms with Crippen LogP contribution >= 0.6 is 0 Å². The van der Waals surface area contributed by atoms with E-state index in [4.69, 9.17) is 0 Å². The van der Waals surface area contributed by atoms with Crippen molar-refractivity contribution >= 4 is 11.0 Å². The quantitative estimate of drug-likeness (QED) is 0.706. The molecule has 1 aromatic carbocycles. The molecule has 1 aromatic heterocycles. The summed E-state index contributed by atoms with van der Waals surface area (Å²) in [4.78, 5) is 4.48. The third-order valence-electron chi connectivity index (χ3n) is 3.00. The standard InChI is InChI=1S/C14H20N2/c1-10(2)16-9-15-12-8-11(14(3,4)5)6-7-13(12)16/h6-10H,1-5H3. The molecule has 0 aliphatic heterocycles. The second-order valence-electron chi connectivity index (χ2n) is 5.70. The van der Waals surface area contributed by atoms with Gasteiger partial charge in [0.25, 0.3) is 0 Å². The average molecular weight is 216 g/mol. The van der Waals surface area contributed by atoms with Gasteiger partial charge in [-0.05, 0) is 37.0 Å². The van der Waals surface area contributed by atoms with Gasteiger partial charge in [-0.2, -0.15) is 0 Å². The summed E-state index contributed by atoms with van der Waals surface area (Å²) in [5, 5.41) is 0. The highest BCUT2D eigenvalue weighted by Crippen LogP contribution is 2.26. The molecule has 0 N–H and O–H groups in total. The summed E-state index contributed by atoms with van der Waals surface area (Å²) in [5.41, 5.74) is 3.86. The molecule has 0 fully saturated rings. The zero-order valence-electron chi connectivity index (χ0n) is 10.8. The molecular weight excluding hydrogens is 196 g/mol. The monoisotopic (exact) mass is 216 g/mol. The van der Waals surface area contributed by atoms with Gasteiger partial charge in [-0.1, -0.05) is 26.8 Å². The highest BCUT2D eigenvalue weighted by Gasteiger charge is 2.15. The number of hydrogen-bond acceptors (Lipinski definition) is 1. The first-order valence-electron chi connectivity index (χ1n) is 5.86. The Balaban J connectivity index is 2.58. The lowest BCUT2D eigenvalue weighted by molar-refractivity contribution is 0.590. The van der Waals surface area contributed by atoms with Gasteiger partial charge in [0.2, 0.25) is 0 Å². The molecule has 2 nitrogen and oxygen atoms in total. The number of aromatic nitrogens is 2. The van der Waals surface area contributed by atoms with Crippen molar-refractivity contribution in [2.24, 2.45) is 0 Å². The van der Waals surface area contributed by atoms with Crippen molar-refractivity contribution in [1.82, 2.24) is 9.55 Å². The number of hydrogen-bond donors (Lipinski definition) is 0. The lowest BCUT2D eigenvalue weighted by Gasteiger charge is -2.19. The molecule has 2 aromatic rings. The van der Waals surface area contributed by atoms with E-state index in [9.17, 15) is 0 Å². The molecule has 0 spiro atoms. The Morgan fingerprint density at radius 2 is 1.88 bits per heavy atom. The number of nitrogens with zero attached hydrogens (tertiary/aromatic N) is 2. The fourth-order valence-corrected chi connectivity index (χ4v) is 1.91. The summed E-state index contributed by atoms with van der Waals surface area (Å²) in [6.45, 7) is 11.0. The molecule has 2 rings (SSSR count). The molecule has 0 saturated carbocycles. The molecule has 0 aliphatic carbocycles. The predicted molar refractivity (Wildman–Crippen MR) is 68.8 cm³/mol. The molecule has 16 heavy (non-hydrogen) atoms. The van der Waals surface area contributed by atoms with Gasteiger partial charge in [0.05, 0.1) is 17.4 Å². The molecule has 2 heteroatoms. The number of rotatable bonds is 1. The fraction of sp³-hybridized carbons (Fsp3) is 0.500. The number of imidazole rings is 1. The van der Waals surface area contributed by atoms with Gasteiger partial charge in [0.15, 0.2) is 0 Å². The molecule has 0 aliphatic rings. The molecule has 0 unspecified atom stereocenters. The van der Waals surface area contributed by atoms with Crippen molar-refractivity contribution < 1.29 is 0 Å². The van der Waals surface area contributed by atoms with E-state index in [0.29, 0.717) is 6.04 Å². The lowest BCUT2D eigenvalue weighted by atomic mass is 9.87. The van der Waals surface area contributed by atoms with Crippen LogP contribution in [0.15, 0.2) is 24.5 Å². The van der Waals surface area contributed by atoms with Crippen molar-refractivity contribution in [3.8, 4) is 0 Å². The second-order valence-corrected chi connectivity index (χ2v) is 5.70. The second kappa shape index (κ2) is 3.62. The van der Waals surface area contributed by atoms with Crippen LogP contribution in [-0.2, 0) is 5.41 Å². The minimum Gasteiger partial charge on any atom is -0.328 e. The Hall–Kier alpha value is -1.31. The van der Waals surface area contributed by atoms with Crippen molar-refractivity contribution in [3.63, 3.8) is 0 Å². The van der Waals surface area contributed by atoms with Crippen LogP contribution in [0.1, 0.15) is 46.2 Å². The number of benzene rings is 1. The lowest BCUT2D eigenvalue weighted by Crippen LogP contribution is -2.10. The molecule has 86 valence electrons. The summed E-state index contributed by atoms with van der Waals surface area (Å²) in [5.74, 6) is 0. The van der Waals surface area contributed by atoms with E-state index in [1.807, 2.05) is 6.33 Å². The van der Waals surface area contributed by atoms with Crippen LogP contribution in [0.3, 0.4) is 0 Å². The van der Waals surface area contributed by atoms with Crippen LogP contribution in [0.25, 0.3) is 11.0 Å². The third kappa shape index (κ3) is 1.84. The Morgan fingerprint density at radius 1 is 1.19 bits per heavy atom. The van der Waals surface area contributed by atoms with Crippen molar-refractivity contribution in [3.05, 3.63) is 30.1 Å². The highest BCUT2D eigenvalue weighted by atomic mass is 15.1. The molecule has 1 heterocycles. The van der Waals surface area contributed by atoms with Crippen molar-refractivity contribution in [1.29, 1.82) is 0 Å². The molecular formula is C14H20N2. The van der Waals surface area contributed by atoms with Crippen LogP contribution in [0.5, 0.6) is 0 Å². The van der Waals surface area contributed by atoms with E-state index in [1.165, 1.54) is 11.1 Å². The van der Waals surface area contributed by atoms with Crippen molar-refractivity contribution in [2.75, 3.05) is 0 Å². The minimum absolute atomic E-state index is 0.190. The van der Waals surface area contributed by atoms with Crippen LogP contribution < -0.4 is 0 Å². The predicted octanol–water partition coefficient (Wildman–Crippen LogP) is 3.91. The molecule has 0 saturated heterocycles. The highest BCUT2D eigenvalue weighted by molar-refractivity contribution is 5.76. The van der Waals surface area contributed by atoms with Crippen molar-refractivity contribution in [2.45, 2.75) is 46.1 Å². The van der Waals surface area contributed by atoms with Gasteiger partial charge in [0, 0.05) is 6.04 Å². The SMILES string of the molecule is CC(C)n1cnc2cc(C(C)(C)C)ccc21. The zero-order valence-corrected chi connectivity index (χ0v) is 10.8. The fourth-order valence-electron chi connectivity index (χ4n) is 1.91. The normalized spacial score (nSPS) is 12.6. The Labute approximate surface area is 97.3 Å². The molecule has 0 bridgehead atoms. The van der Waals surface area contributed by atoms with E-state index in [2.05, 4.69) is 62.4 Å². The average Bonchev–Trinajstić information content (AvgIpc) is 2.58. The molecule has 0 atom stereocenters. The van der Waals surface area contributed by atoms with E-state index in [0.717, 1.165) is 5.52 Å². The van der Waals surface area contributed by atoms with Gasteiger partial charge in [0.1, 0.15) is 0 Å². The summed E-state index contributed by atoms with van der Waals surface area (Å²) < 4.78 is 2.21. The van der Waals surface area contributed by atoms with E-state index in [1.54, 1.807) is 0 Å². The zero-order chi connectivity index (χ0) is 11.9. The summed E-state index contributed by atoms with van der Waals surface area (Å²) in [7, 11) is 0. The summed E-state index contributed by atoms with van der Waals surface area (Å²) in [6.07, 6.45) is 1.93. The Kier molecular flexibility index (Phi) is 2.53.